The van der Waals surface area contributed by atoms with E-state index in [0.717, 1.165) is 0 Å². The van der Waals surface area contributed by atoms with Gasteiger partial charge < -0.3 is 10.1 Å². The zero-order valence-corrected chi connectivity index (χ0v) is 14.8. The lowest BCUT2D eigenvalue weighted by Gasteiger charge is -2.15. The molecule has 0 aliphatic heterocycles. The molecule has 0 aromatic heterocycles. The van der Waals surface area contributed by atoms with E-state index in [-0.39, 0.29) is 11.7 Å². The van der Waals surface area contributed by atoms with Crippen molar-refractivity contribution in [3.8, 4) is 5.75 Å². The van der Waals surface area contributed by atoms with Crippen molar-refractivity contribution in [1.29, 1.82) is 0 Å². The van der Waals surface area contributed by atoms with Gasteiger partial charge in [0.1, 0.15) is 5.75 Å². The zero-order chi connectivity index (χ0) is 17.7. The Kier molecular flexibility index (Phi) is 6.23. The largest absolute Gasteiger partial charge is 0.481 e. The molecule has 2 rings (SSSR count). The Balaban J connectivity index is 1.99. The summed E-state index contributed by atoms with van der Waals surface area (Å²) in [5.74, 6) is 0.227. The molecule has 0 aliphatic carbocycles. The first kappa shape index (κ1) is 18.3. The third-order valence-corrected chi connectivity index (χ3v) is 3.92. The number of rotatable bonds is 6. The van der Waals surface area contributed by atoms with Gasteiger partial charge in [-0.1, -0.05) is 30.1 Å². The SMILES string of the molecule is CCC(=O)c1ccc(O[C@H](C)C(=O)Nc2ccc(Cl)cc2Cl)cc1. The highest BCUT2D eigenvalue weighted by molar-refractivity contribution is 6.36. The molecule has 0 bridgehead atoms. The molecule has 4 nitrogen and oxygen atoms in total. The van der Waals surface area contributed by atoms with Crippen LogP contribution in [-0.2, 0) is 4.79 Å². The second-order valence-electron chi connectivity index (χ2n) is 5.17. The Morgan fingerprint density at radius 2 is 1.79 bits per heavy atom. The number of carbonyl (C=O) groups excluding carboxylic acids is 2. The zero-order valence-electron chi connectivity index (χ0n) is 13.3. The van der Waals surface area contributed by atoms with Gasteiger partial charge >= 0.3 is 0 Å². The molecule has 0 radical (unpaired) electrons. The monoisotopic (exact) mass is 365 g/mol. The number of ketones is 1. The molecule has 0 aliphatic rings. The lowest BCUT2D eigenvalue weighted by atomic mass is 10.1. The molecule has 2 aromatic carbocycles. The van der Waals surface area contributed by atoms with Crippen molar-refractivity contribution in [2.75, 3.05) is 5.32 Å². The summed E-state index contributed by atoms with van der Waals surface area (Å²) in [5, 5.41) is 3.53. The highest BCUT2D eigenvalue weighted by Crippen LogP contribution is 2.25. The van der Waals surface area contributed by atoms with Crippen molar-refractivity contribution in [1.82, 2.24) is 0 Å². The van der Waals surface area contributed by atoms with Crippen LogP contribution in [0.4, 0.5) is 5.69 Å². The molecule has 0 saturated heterocycles. The average Bonchev–Trinajstić information content (AvgIpc) is 2.57. The van der Waals surface area contributed by atoms with E-state index in [0.29, 0.717) is 33.5 Å². The van der Waals surface area contributed by atoms with E-state index in [1.165, 1.54) is 0 Å². The topological polar surface area (TPSA) is 55.4 Å². The van der Waals surface area contributed by atoms with Crippen LogP contribution in [0.1, 0.15) is 30.6 Å². The van der Waals surface area contributed by atoms with E-state index >= 15 is 0 Å². The second kappa shape index (κ2) is 8.18. The quantitative estimate of drug-likeness (QED) is 0.733. The van der Waals surface area contributed by atoms with E-state index in [1.807, 2.05) is 0 Å². The fraction of sp³-hybridized carbons (Fsp3) is 0.222. The van der Waals surface area contributed by atoms with E-state index < -0.39 is 6.10 Å². The highest BCUT2D eigenvalue weighted by Gasteiger charge is 2.16. The molecular weight excluding hydrogens is 349 g/mol. The minimum atomic E-state index is -0.732. The van der Waals surface area contributed by atoms with Gasteiger partial charge in [-0.25, -0.2) is 0 Å². The van der Waals surface area contributed by atoms with E-state index in [2.05, 4.69) is 5.32 Å². The van der Waals surface area contributed by atoms with Crippen LogP contribution >= 0.6 is 23.2 Å². The maximum Gasteiger partial charge on any atom is 0.265 e. The predicted molar refractivity (Wildman–Crippen MR) is 96.2 cm³/mol. The number of benzene rings is 2. The fourth-order valence-corrected chi connectivity index (χ4v) is 2.46. The maximum absolute atomic E-state index is 12.2. The molecule has 2 aromatic rings. The lowest BCUT2D eigenvalue weighted by molar-refractivity contribution is -0.122. The molecule has 1 atom stereocenters. The summed E-state index contributed by atoms with van der Waals surface area (Å²) in [6, 6.07) is 11.5. The molecular formula is C18H17Cl2NO3. The van der Waals surface area contributed by atoms with Gasteiger partial charge in [0.2, 0.25) is 0 Å². The van der Waals surface area contributed by atoms with Gasteiger partial charge in [-0.2, -0.15) is 0 Å². The van der Waals surface area contributed by atoms with Crippen LogP contribution in [0.5, 0.6) is 5.75 Å². The Hall–Kier alpha value is -2.04. The molecule has 0 heterocycles. The smallest absolute Gasteiger partial charge is 0.265 e. The third kappa shape index (κ3) is 4.73. The molecule has 0 saturated carbocycles. The molecule has 6 heteroatoms. The molecule has 0 fully saturated rings. The molecule has 0 unspecified atom stereocenters. The lowest BCUT2D eigenvalue weighted by Crippen LogP contribution is -2.30. The number of hydrogen-bond donors (Lipinski definition) is 1. The Morgan fingerprint density at radius 1 is 1.12 bits per heavy atom. The number of amides is 1. The van der Waals surface area contributed by atoms with Crippen LogP contribution in [-0.4, -0.2) is 17.8 Å². The van der Waals surface area contributed by atoms with Gasteiger partial charge in [-0.05, 0) is 49.4 Å². The van der Waals surface area contributed by atoms with Crippen LogP contribution in [0.25, 0.3) is 0 Å². The summed E-state index contributed by atoms with van der Waals surface area (Å²) in [6.45, 7) is 3.44. The van der Waals surface area contributed by atoms with E-state index in [1.54, 1.807) is 56.3 Å². The van der Waals surface area contributed by atoms with Crippen LogP contribution < -0.4 is 10.1 Å². The standard InChI is InChI=1S/C18H17Cl2NO3/c1-3-17(22)12-4-7-14(8-5-12)24-11(2)18(23)21-16-9-6-13(19)10-15(16)20/h4-11H,3H2,1-2H3,(H,21,23)/t11-/m1/s1. The second-order valence-corrected chi connectivity index (χ2v) is 6.02. The Morgan fingerprint density at radius 3 is 2.38 bits per heavy atom. The molecule has 126 valence electrons. The van der Waals surface area contributed by atoms with Gasteiger partial charge in [-0.15, -0.1) is 0 Å². The molecule has 24 heavy (non-hydrogen) atoms. The van der Waals surface area contributed by atoms with Crippen molar-refractivity contribution in [2.24, 2.45) is 0 Å². The molecule has 1 amide bonds. The van der Waals surface area contributed by atoms with E-state index in [4.69, 9.17) is 27.9 Å². The van der Waals surface area contributed by atoms with Gasteiger partial charge in [0, 0.05) is 17.0 Å². The normalized spacial score (nSPS) is 11.7. The summed E-state index contributed by atoms with van der Waals surface area (Å²) in [4.78, 5) is 23.8. The first-order valence-corrected chi connectivity index (χ1v) is 8.22. The third-order valence-electron chi connectivity index (χ3n) is 3.37. The number of carbonyl (C=O) groups is 2. The number of Topliss-reactive ketones (excluding diaryl/α,β-unsaturated/α-hetero) is 1. The van der Waals surface area contributed by atoms with Crippen LogP contribution in [0, 0.1) is 0 Å². The number of hydrogen-bond acceptors (Lipinski definition) is 3. The van der Waals surface area contributed by atoms with Gasteiger partial charge in [0.25, 0.3) is 5.91 Å². The van der Waals surface area contributed by atoms with Crippen LogP contribution in [0.2, 0.25) is 10.0 Å². The number of anilines is 1. The van der Waals surface area contributed by atoms with Crippen molar-refractivity contribution in [3.05, 3.63) is 58.1 Å². The fourth-order valence-electron chi connectivity index (χ4n) is 2.01. The van der Waals surface area contributed by atoms with Crippen molar-refractivity contribution >= 4 is 40.6 Å². The highest BCUT2D eigenvalue weighted by atomic mass is 35.5. The van der Waals surface area contributed by atoms with Gasteiger partial charge in [0.05, 0.1) is 10.7 Å². The minimum Gasteiger partial charge on any atom is -0.481 e. The summed E-state index contributed by atoms with van der Waals surface area (Å²) < 4.78 is 5.59. The number of nitrogens with one attached hydrogen (secondary N) is 1. The first-order chi connectivity index (χ1) is 11.4. The van der Waals surface area contributed by atoms with Crippen molar-refractivity contribution in [2.45, 2.75) is 26.4 Å². The molecule has 0 spiro atoms. The summed E-state index contributed by atoms with van der Waals surface area (Å²) >= 11 is 11.9. The summed E-state index contributed by atoms with van der Waals surface area (Å²) in [7, 11) is 0. The summed E-state index contributed by atoms with van der Waals surface area (Å²) in [6.07, 6.45) is -0.287. The minimum absolute atomic E-state index is 0.0599. The number of ether oxygens (including phenoxy) is 1. The average molecular weight is 366 g/mol. The number of halogens is 2. The van der Waals surface area contributed by atoms with Gasteiger partial charge in [0.15, 0.2) is 11.9 Å². The predicted octanol–water partition coefficient (Wildman–Crippen LogP) is 4.99. The maximum atomic E-state index is 12.2. The van der Waals surface area contributed by atoms with Crippen LogP contribution in [0.3, 0.4) is 0 Å². The summed E-state index contributed by atoms with van der Waals surface area (Å²) in [5.41, 5.74) is 1.08. The molecule has 1 N–H and O–H groups in total. The van der Waals surface area contributed by atoms with Gasteiger partial charge in [-0.3, -0.25) is 9.59 Å². The Labute approximate surface area is 150 Å². The first-order valence-electron chi connectivity index (χ1n) is 7.46. The van der Waals surface area contributed by atoms with E-state index in [9.17, 15) is 9.59 Å². The Bertz CT molecular complexity index is 744. The van der Waals surface area contributed by atoms with Crippen LogP contribution in [0.15, 0.2) is 42.5 Å². The van der Waals surface area contributed by atoms with Crippen molar-refractivity contribution < 1.29 is 14.3 Å². The van der Waals surface area contributed by atoms with Crippen molar-refractivity contribution in [3.63, 3.8) is 0 Å².